The van der Waals surface area contributed by atoms with E-state index in [1.807, 2.05) is 0 Å². The Kier molecular flexibility index (Phi) is 3.52. The molecular formula is C8H16O3. The van der Waals surface area contributed by atoms with Crippen LogP contribution in [0, 0.1) is 5.41 Å². The maximum absolute atomic E-state index is 11.1. The van der Waals surface area contributed by atoms with E-state index in [2.05, 4.69) is 0 Å². The molecule has 0 fully saturated rings. The molecule has 1 atom stereocenters. The lowest BCUT2D eigenvalue weighted by molar-refractivity contribution is -0.159. The van der Waals surface area contributed by atoms with Crippen molar-refractivity contribution in [1.82, 2.24) is 0 Å². The predicted molar refractivity (Wildman–Crippen MR) is 42.1 cm³/mol. The molecule has 11 heavy (non-hydrogen) atoms. The van der Waals surface area contributed by atoms with E-state index in [0.717, 1.165) is 0 Å². The van der Waals surface area contributed by atoms with E-state index in [1.165, 1.54) is 0 Å². The summed E-state index contributed by atoms with van der Waals surface area (Å²) in [6.45, 7) is 7.01. The van der Waals surface area contributed by atoms with Gasteiger partial charge in [0.2, 0.25) is 0 Å². The van der Waals surface area contributed by atoms with Crippen LogP contribution in [0.5, 0.6) is 0 Å². The average Bonchev–Trinajstić information content (AvgIpc) is 1.88. The van der Waals surface area contributed by atoms with Gasteiger partial charge in [0.25, 0.3) is 0 Å². The minimum absolute atomic E-state index is 0.352. The zero-order valence-electron chi connectivity index (χ0n) is 7.55. The van der Waals surface area contributed by atoms with E-state index in [9.17, 15) is 9.90 Å². The molecule has 1 N–H and O–H groups in total. The SMILES string of the molecule is CCOC(=O)C(C)(C)[C@H](C)O. The fourth-order valence-electron chi connectivity index (χ4n) is 0.488. The van der Waals surface area contributed by atoms with Gasteiger partial charge in [0, 0.05) is 0 Å². The number of aliphatic hydroxyl groups excluding tert-OH is 1. The molecule has 0 saturated heterocycles. The second kappa shape index (κ2) is 3.72. The van der Waals surface area contributed by atoms with E-state index in [-0.39, 0.29) is 5.97 Å². The maximum Gasteiger partial charge on any atom is 0.314 e. The third kappa shape index (κ3) is 2.50. The van der Waals surface area contributed by atoms with Crippen molar-refractivity contribution >= 4 is 5.97 Å². The quantitative estimate of drug-likeness (QED) is 0.625. The zero-order chi connectivity index (χ0) is 9.07. The molecular weight excluding hydrogens is 144 g/mol. The highest BCUT2D eigenvalue weighted by Crippen LogP contribution is 2.21. The number of carbonyl (C=O) groups is 1. The van der Waals surface area contributed by atoms with Crippen molar-refractivity contribution in [3.63, 3.8) is 0 Å². The summed E-state index contributed by atoms with van der Waals surface area (Å²) in [6.07, 6.45) is -0.679. The van der Waals surface area contributed by atoms with Crippen molar-refractivity contribution in [1.29, 1.82) is 0 Å². The number of hydrogen-bond acceptors (Lipinski definition) is 3. The van der Waals surface area contributed by atoms with Gasteiger partial charge in [-0.3, -0.25) is 4.79 Å². The van der Waals surface area contributed by atoms with Crippen molar-refractivity contribution in [3.8, 4) is 0 Å². The Hall–Kier alpha value is -0.570. The Labute approximate surface area is 67.4 Å². The van der Waals surface area contributed by atoms with Crippen LogP contribution in [0.15, 0.2) is 0 Å². The van der Waals surface area contributed by atoms with Crippen LogP contribution in [0.3, 0.4) is 0 Å². The molecule has 0 rings (SSSR count). The van der Waals surface area contributed by atoms with E-state index in [0.29, 0.717) is 6.61 Å². The molecule has 0 aliphatic carbocycles. The van der Waals surface area contributed by atoms with Gasteiger partial charge in [0.15, 0.2) is 0 Å². The van der Waals surface area contributed by atoms with Crippen molar-refractivity contribution in [2.75, 3.05) is 6.61 Å². The minimum Gasteiger partial charge on any atom is -0.466 e. The van der Waals surface area contributed by atoms with Gasteiger partial charge in [-0.1, -0.05) is 0 Å². The second-order valence-electron chi connectivity index (χ2n) is 3.12. The molecule has 3 nitrogen and oxygen atoms in total. The molecule has 0 aromatic heterocycles. The number of ether oxygens (including phenoxy) is 1. The highest BCUT2D eigenvalue weighted by atomic mass is 16.5. The highest BCUT2D eigenvalue weighted by molar-refractivity contribution is 5.76. The topological polar surface area (TPSA) is 46.5 Å². The van der Waals surface area contributed by atoms with Gasteiger partial charge in [-0.15, -0.1) is 0 Å². The van der Waals surface area contributed by atoms with Crippen molar-refractivity contribution < 1.29 is 14.6 Å². The van der Waals surface area contributed by atoms with Gasteiger partial charge in [-0.2, -0.15) is 0 Å². The molecule has 66 valence electrons. The molecule has 0 saturated carbocycles. The summed E-state index contributed by atoms with van der Waals surface area (Å²) < 4.78 is 4.77. The Bertz CT molecular complexity index is 138. The third-order valence-electron chi connectivity index (χ3n) is 1.85. The first-order valence-corrected chi connectivity index (χ1v) is 3.78. The molecule has 0 heterocycles. The van der Waals surface area contributed by atoms with Gasteiger partial charge in [0.1, 0.15) is 0 Å². The fourth-order valence-corrected chi connectivity index (χ4v) is 0.488. The Balaban J connectivity index is 4.18. The lowest BCUT2D eigenvalue weighted by Crippen LogP contribution is -2.36. The zero-order valence-corrected chi connectivity index (χ0v) is 7.55. The van der Waals surface area contributed by atoms with Crippen LogP contribution in [-0.2, 0) is 9.53 Å². The van der Waals surface area contributed by atoms with Gasteiger partial charge >= 0.3 is 5.97 Å². The standard InChI is InChI=1S/C8H16O3/c1-5-11-7(10)8(3,4)6(2)9/h6,9H,5H2,1-4H3/t6-/m0/s1. The Morgan fingerprint density at radius 2 is 2.09 bits per heavy atom. The van der Waals surface area contributed by atoms with Crippen LogP contribution in [0.2, 0.25) is 0 Å². The van der Waals surface area contributed by atoms with Crippen LogP contribution in [0.4, 0.5) is 0 Å². The van der Waals surface area contributed by atoms with Crippen LogP contribution < -0.4 is 0 Å². The van der Waals surface area contributed by atoms with Gasteiger partial charge in [0.05, 0.1) is 18.1 Å². The molecule has 0 radical (unpaired) electrons. The van der Waals surface area contributed by atoms with Crippen molar-refractivity contribution in [2.45, 2.75) is 33.8 Å². The van der Waals surface area contributed by atoms with Gasteiger partial charge in [-0.25, -0.2) is 0 Å². The lowest BCUT2D eigenvalue weighted by atomic mass is 9.88. The van der Waals surface area contributed by atoms with Crippen LogP contribution in [0.1, 0.15) is 27.7 Å². The highest BCUT2D eigenvalue weighted by Gasteiger charge is 2.34. The Morgan fingerprint density at radius 3 is 2.36 bits per heavy atom. The number of hydrogen-bond donors (Lipinski definition) is 1. The average molecular weight is 160 g/mol. The monoisotopic (exact) mass is 160 g/mol. The van der Waals surface area contributed by atoms with Crippen molar-refractivity contribution in [2.24, 2.45) is 5.41 Å². The number of aliphatic hydroxyl groups is 1. The molecule has 0 aromatic carbocycles. The first-order chi connectivity index (χ1) is 4.92. The van der Waals surface area contributed by atoms with Crippen molar-refractivity contribution in [3.05, 3.63) is 0 Å². The molecule has 0 aliphatic rings. The molecule has 0 amide bonds. The third-order valence-corrected chi connectivity index (χ3v) is 1.85. The van der Waals surface area contributed by atoms with Crippen LogP contribution in [0.25, 0.3) is 0 Å². The molecule has 0 aromatic rings. The minimum atomic E-state index is -0.796. The van der Waals surface area contributed by atoms with E-state index < -0.39 is 11.5 Å². The molecule has 0 aliphatic heterocycles. The number of rotatable bonds is 3. The van der Waals surface area contributed by atoms with Gasteiger partial charge in [-0.05, 0) is 27.7 Å². The summed E-state index contributed by atoms with van der Waals surface area (Å²) in [5, 5.41) is 9.18. The summed E-state index contributed by atoms with van der Waals surface area (Å²) >= 11 is 0. The van der Waals surface area contributed by atoms with Crippen LogP contribution in [-0.4, -0.2) is 23.8 Å². The Morgan fingerprint density at radius 1 is 1.64 bits per heavy atom. The van der Waals surface area contributed by atoms with E-state index >= 15 is 0 Å². The van der Waals surface area contributed by atoms with Crippen LogP contribution >= 0.6 is 0 Å². The largest absolute Gasteiger partial charge is 0.466 e. The second-order valence-corrected chi connectivity index (χ2v) is 3.12. The smallest absolute Gasteiger partial charge is 0.314 e. The first-order valence-electron chi connectivity index (χ1n) is 3.78. The normalized spacial score (nSPS) is 14.3. The van der Waals surface area contributed by atoms with E-state index in [1.54, 1.807) is 27.7 Å². The number of esters is 1. The number of carbonyl (C=O) groups excluding carboxylic acids is 1. The lowest BCUT2D eigenvalue weighted by Gasteiger charge is -2.24. The summed E-state index contributed by atoms with van der Waals surface area (Å²) in [6, 6.07) is 0. The van der Waals surface area contributed by atoms with E-state index in [4.69, 9.17) is 4.74 Å². The molecule has 3 heteroatoms. The molecule has 0 spiro atoms. The summed E-state index contributed by atoms with van der Waals surface area (Å²) in [5.74, 6) is -0.352. The predicted octanol–water partition coefficient (Wildman–Crippen LogP) is 0.956. The summed E-state index contributed by atoms with van der Waals surface area (Å²) in [7, 11) is 0. The molecule has 0 bridgehead atoms. The summed E-state index contributed by atoms with van der Waals surface area (Å²) in [4.78, 5) is 11.1. The fraction of sp³-hybridized carbons (Fsp3) is 0.875. The van der Waals surface area contributed by atoms with Gasteiger partial charge < -0.3 is 9.84 Å². The maximum atomic E-state index is 11.1. The summed E-state index contributed by atoms with van der Waals surface area (Å²) in [5.41, 5.74) is -0.796. The first kappa shape index (κ1) is 10.4. The molecule has 0 unspecified atom stereocenters.